The van der Waals surface area contributed by atoms with Gasteiger partial charge in [-0.3, -0.25) is 4.79 Å². The monoisotopic (exact) mass is 246 g/mol. The highest BCUT2D eigenvalue weighted by Crippen LogP contribution is 2.22. The second-order valence-electron chi connectivity index (χ2n) is 5.43. The zero-order valence-electron chi connectivity index (χ0n) is 11.2. The molecule has 98 valence electrons. The average Bonchev–Trinajstić information content (AvgIpc) is 2.67. The molecule has 1 aliphatic heterocycles. The number of hydrogen-bond acceptors (Lipinski definition) is 2. The zero-order chi connectivity index (χ0) is 13.0. The quantitative estimate of drug-likeness (QED) is 0.809. The fraction of sp³-hybridized carbons (Fsp3) is 0.533. The smallest absolute Gasteiger partial charge is 0.211 e. The van der Waals surface area contributed by atoms with E-state index in [9.17, 15) is 4.79 Å². The van der Waals surface area contributed by atoms with Crippen molar-refractivity contribution in [2.24, 2.45) is 11.8 Å². The van der Waals surface area contributed by atoms with Crippen LogP contribution in [0.4, 0.5) is 5.69 Å². The molecule has 1 heterocycles. The number of amides is 1. The third-order valence-corrected chi connectivity index (χ3v) is 3.93. The number of hydrogen-bond donors (Lipinski definition) is 1. The van der Waals surface area contributed by atoms with Crippen LogP contribution in [0.2, 0.25) is 0 Å². The van der Waals surface area contributed by atoms with Crippen LogP contribution < -0.4 is 5.32 Å². The number of anilines is 1. The predicted molar refractivity (Wildman–Crippen MR) is 74.6 cm³/mol. The molecule has 1 fully saturated rings. The van der Waals surface area contributed by atoms with Gasteiger partial charge in [0.1, 0.15) is 0 Å². The Bertz CT molecular complexity index is 395. The van der Waals surface area contributed by atoms with E-state index in [1.165, 1.54) is 18.7 Å². The molecule has 3 heteroatoms. The molecule has 1 amide bonds. The summed E-state index contributed by atoms with van der Waals surface area (Å²) in [5.74, 6) is 1.63. The molecule has 0 aliphatic carbocycles. The molecule has 1 aromatic carbocycles. The molecule has 1 N–H and O–H groups in total. The second kappa shape index (κ2) is 6.01. The third kappa shape index (κ3) is 3.33. The highest BCUT2D eigenvalue weighted by atomic mass is 16.1. The van der Waals surface area contributed by atoms with E-state index in [0.717, 1.165) is 36.9 Å². The van der Waals surface area contributed by atoms with Crippen LogP contribution in [-0.4, -0.2) is 30.9 Å². The van der Waals surface area contributed by atoms with Gasteiger partial charge in [0.25, 0.3) is 0 Å². The molecular formula is C15H22N2O. The first-order valence-corrected chi connectivity index (χ1v) is 6.70. The van der Waals surface area contributed by atoms with Crippen LogP contribution >= 0.6 is 0 Å². The summed E-state index contributed by atoms with van der Waals surface area (Å²) in [5, 5.41) is 2.70. The van der Waals surface area contributed by atoms with E-state index in [-0.39, 0.29) is 0 Å². The summed E-state index contributed by atoms with van der Waals surface area (Å²) >= 11 is 0. The van der Waals surface area contributed by atoms with Crippen molar-refractivity contribution >= 4 is 12.1 Å². The van der Waals surface area contributed by atoms with Crippen molar-refractivity contribution in [3.05, 3.63) is 29.8 Å². The highest BCUT2D eigenvalue weighted by Gasteiger charge is 2.25. The minimum Gasteiger partial charge on any atom is -0.329 e. The number of carbonyl (C=O) groups is 1. The largest absolute Gasteiger partial charge is 0.329 e. The normalized spacial score (nSPS) is 24.1. The fourth-order valence-electron chi connectivity index (χ4n) is 2.60. The summed E-state index contributed by atoms with van der Waals surface area (Å²) in [6.45, 7) is 8.21. The van der Waals surface area contributed by atoms with Crippen molar-refractivity contribution in [2.45, 2.75) is 20.3 Å². The van der Waals surface area contributed by atoms with Gasteiger partial charge in [-0.15, -0.1) is 0 Å². The van der Waals surface area contributed by atoms with Crippen LogP contribution in [0.5, 0.6) is 0 Å². The van der Waals surface area contributed by atoms with E-state index >= 15 is 0 Å². The molecule has 1 saturated heterocycles. The molecular weight excluding hydrogens is 224 g/mol. The minimum absolute atomic E-state index is 0.725. The molecule has 0 saturated carbocycles. The highest BCUT2D eigenvalue weighted by molar-refractivity contribution is 5.71. The van der Waals surface area contributed by atoms with Crippen LogP contribution in [0.25, 0.3) is 0 Å². The SMILES string of the molecule is CC1CN(CCc2cccc(NC=O)c2)CC1C. The lowest BCUT2D eigenvalue weighted by atomic mass is 10.0. The Morgan fingerprint density at radius 2 is 2.06 bits per heavy atom. The van der Waals surface area contributed by atoms with Gasteiger partial charge in [0, 0.05) is 25.3 Å². The van der Waals surface area contributed by atoms with Crippen molar-refractivity contribution in [3.8, 4) is 0 Å². The molecule has 2 unspecified atom stereocenters. The second-order valence-corrected chi connectivity index (χ2v) is 5.43. The summed E-state index contributed by atoms with van der Waals surface area (Å²) in [7, 11) is 0. The van der Waals surface area contributed by atoms with Crippen LogP contribution in [0.1, 0.15) is 19.4 Å². The first-order valence-electron chi connectivity index (χ1n) is 6.70. The van der Waals surface area contributed by atoms with Gasteiger partial charge >= 0.3 is 0 Å². The Morgan fingerprint density at radius 3 is 2.72 bits per heavy atom. The Labute approximate surface area is 109 Å². The average molecular weight is 246 g/mol. The van der Waals surface area contributed by atoms with Gasteiger partial charge in [-0.1, -0.05) is 26.0 Å². The topological polar surface area (TPSA) is 32.3 Å². The molecule has 2 rings (SSSR count). The molecule has 3 nitrogen and oxygen atoms in total. The van der Waals surface area contributed by atoms with E-state index in [1.807, 2.05) is 12.1 Å². The maximum Gasteiger partial charge on any atom is 0.211 e. The number of rotatable bonds is 5. The van der Waals surface area contributed by atoms with Gasteiger partial charge < -0.3 is 10.2 Å². The summed E-state index contributed by atoms with van der Waals surface area (Å²) in [5.41, 5.74) is 2.17. The Kier molecular flexibility index (Phi) is 4.37. The Hall–Kier alpha value is -1.35. The van der Waals surface area contributed by atoms with E-state index < -0.39 is 0 Å². The van der Waals surface area contributed by atoms with E-state index in [2.05, 4.69) is 36.2 Å². The number of nitrogens with zero attached hydrogens (tertiary/aromatic N) is 1. The molecule has 0 bridgehead atoms. The number of benzene rings is 1. The summed E-state index contributed by atoms with van der Waals surface area (Å²) in [6, 6.07) is 8.09. The number of likely N-dealkylation sites (tertiary alicyclic amines) is 1. The fourth-order valence-corrected chi connectivity index (χ4v) is 2.60. The minimum atomic E-state index is 0.725. The van der Waals surface area contributed by atoms with Crippen LogP contribution in [0.3, 0.4) is 0 Å². The van der Waals surface area contributed by atoms with Crippen molar-refractivity contribution in [1.82, 2.24) is 4.90 Å². The third-order valence-electron chi connectivity index (χ3n) is 3.93. The van der Waals surface area contributed by atoms with E-state index in [4.69, 9.17) is 0 Å². The van der Waals surface area contributed by atoms with Crippen LogP contribution in [0, 0.1) is 11.8 Å². The summed E-state index contributed by atoms with van der Waals surface area (Å²) < 4.78 is 0. The standard InChI is InChI=1S/C15H22N2O/c1-12-9-17(10-13(12)2)7-6-14-4-3-5-15(8-14)16-11-18/h3-5,8,11-13H,6-7,9-10H2,1-2H3,(H,16,18). The Balaban J connectivity index is 1.86. The van der Waals surface area contributed by atoms with Crippen molar-refractivity contribution < 1.29 is 4.79 Å². The molecule has 18 heavy (non-hydrogen) atoms. The lowest BCUT2D eigenvalue weighted by Gasteiger charge is -2.15. The van der Waals surface area contributed by atoms with Crippen molar-refractivity contribution in [3.63, 3.8) is 0 Å². The molecule has 0 aromatic heterocycles. The van der Waals surface area contributed by atoms with Gasteiger partial charge in [0.05, 0.1) is 0 Å². The lowest BCUT2D eigenvalue weighted by Crippen LogP contribution is -2.23. The lowest BCUT2D eigenvalue weighted by molar-refractivity contribution is -0.105. The maximum atomic E-state index is 10.4. The van der Waals surface area contributed by atoms with Gasteiger partial charge in [-0.25, -0.2) is 0 Å². The maximum absolute atomic E-state index is 10.4. The summed E-state index contributed by atoms with van der Waals surface area (Å²) in [6.07, 6.45) is 1.77. The summed E-state index contributed by atoms with van der Waals surface area (Å²) in [4.78, 5) is 12.9. The first-order chi connectivity index (χ1) is 8.69. The van der Waals surface area contributed by atoms with E-state index in [1.54, 1.807) is 0 Å². The predicted octanol–water partition coefficient (Wildman–Crippen LogP) is 2.39. The molecule has 0 spiro atoms. The van der Waals surface area contributed by atoms with Crippen LogP contribution in [-0.2, 0) is 11.2 Å². The van der Waals surface area contributed by atoms with Gasteiger partial charge in [0.15, 0.2) is 0 Å². The van der Waals surface area contributed by atoms with Gasteiger partial charge in [0.2, 0.25) is 6.41 Å². The molecule has 1 aliphatic rings. The van der Waals surface area contributed by atoms with Crippen LogP contribution in [0.15, 0.2) is 24.3 Å². The zero-order valence-corrected chi connectivity index (χ0v) is 11.2. The first kappa shape index (κ1) is 13.1. The van der Waals surface area contributed by atoms with Gasteiger partial charge in [-0.05, 0) is 36.0 Å². The number of carbonyl (C=O) groups excluding carboxylic acids is 1. The molecule has 1 aromatic rings. The van der Waals surface area contributed by atoms with Crippen molar-refractivity contribution in [2.75, 3.05) is 25.0 Å². The molecule has 0 radical (unpaired) electrons. The Morgan fingerprint density at radius 1 is 1.33 bits per heavy atom. The van der Waals surface area contributed by atoms with E-state index in [0.29, 0.717) is 0 Å². The molecule has 2 atom stereocenters. The van der Waals surface area contributed by atoms with Gasteiger partial charge in [-0.2, -0.15) is 0 Å². The number of nitrogens with one attached hydrogen (secondary N) is 1. The van der Waals surface area contributed by atoms with Crippen molar-refractivity contribution in [1.29, 1.82) is 0 Å².